The van der Waals surface area contributed by atoms with Crippen LogP contribution in [-0.4, -0.2) is 42.0 Å². The van der Waals surface area contributed by atoms with E-state index in [4.69, 9.17) is 21.1 Å². The lowest BCUT2D eigenvalue weighted by molar-refractivity contribution is -0.140. The standard InChI is InChI=1S/C24H20ClNO5S/c1-30-17-7-9-18(10-8-17)31-12-11-26-21(19-6-3-13-32-19)20(23(28)24(26)29)22(27)15-4-2-5-16(25)14-15/h2-10,13-14,21,27H,11-12H2,1H3/b22-20-. The van der Waals surface area contributed by atoms with E-state index in [1.54, 1.807) is 55.6 Å². The van der Waals surface area contributed by atoms with Crippen molar-refractivity contribution in [2.75, 3.05) is 20.3 Å². The van der Waals surface area contributed by atoms with Crippen LogP contribution in [-0.2, 0) is 9.59 Å². The first-order valence-electron chi connectivity index (χ1n) is 9.84. The molecule has 2 heterocycles. The van der Waals surface area contributed by atoms with E-state index in [9.17, 15) is 14.7 Å². The predicted molar refractivity (Wildman–Crippen MR) is 123 cm³/mol. The lowest BCUT2D eigenvalue weighted by atomic mass is 10.00. The predicted octanol–water partition coefficient (Wildman–Crippen LogP) is 4.91. The van der Waals surface area contributed by atoms with Crippen molar-refractivity contribution >= 4 is 40.4 Å². The molecule has 1 aromatic heterocycles. The minimum absolute atomic E-state index is 0.0455. The van der Waals surface area contributed by atoms with E-state index in [2.05, 4.69) is 0 Å². The number of likely N-dealkylation sites (tertiary alicyclic amines) is 1. The molecule has 1 fully saturated rings. The van der Waals surface area contributed by atoms with E-state index in [1.165, 1.54) is 16.2 Å². The van der Waals surface area contributed by atoms with Crippen LogP contribution >= 0.6 is 22.9 Å². The summed E-state index contributed by atoms with van der Waals surface area (Å²) in [6.45, 7) is 0.351. The Balaban J connectivity index is 1.62. The number of ether oxygens (including phenoxy) is 2. The Morgan fingerprint density at radius 2 is 1.84 bits per heavy atom. The van der Waals surface area contributed by atoms with Crippen molar-refractivity contribution in [2.45, 2.75) is 6.04 Å². The summed E-state index contributed by atoms with van der Waals surface area (Å²) >= 11 is 7.46. The Morgan fingerprint density at radius 1 is 1.09 bits per heavy atom. The smallest absolute Gasteiger partial charge is 0.295 e. The summed E-state index contributed by atoms with van der Waals surface area (Å²) < 4.78 is 10.9. The monoisotopic (exact) mass is 469 g/mol. The van der Waals surface area contributed by atoms with E-state index in [0.717, 1.165) is 4.88 Å². The molecule has 1 aliphatic rings. The third-order valence-electron chi connectivity index (χ3n) is 5.11. The number of hydrogen-bond acceptors (Lipinski definition) is 6. The van der Waals surface area contributed by atoms with Gasteiger partial charge in [-0.3, -0.25) is 9.59 Å². The Bertz CT molecular complexity index is 1160. The molecule has 0 radical (unpaired) electrons. The van der Waals surface area contributed by atoms with Gasteiger partial charge in [-0.15, -0.1) is 11.3 Å². The molecular weight excluding hydrogens is 450 g/mol. The average Bonchev–Trinajstić information content (AvgIpc) is 3.42. The van der Waals surface area contributed by atoms with Gasteiger partial charge >= 0.3 is 0 Å². The highest BCUT2D eigenvalue weighted by Gasteiger charge is 2.46. The van der Waals surface area contributed by atoms with Crippen LogP contribution < -0.4 is 9.47 Å². The van der Waals surface area contributed by atoms with Gasteiger partial charge in [0, 0.05) is 15.5 Å². The molecule has 1 aliphatic heterocycles. The largest absolute Gasteiger partial charge is 0.507 e. The molecule has 3 aromatic rings. The number of aliphatic hydroxyl groups excluding tert-OH is 1. The number of Topliss-reactive ketones (excluding diaryl/α,β-unsaturated/α-hetero) is 1. The van der Waals surface area contributed by atoms with Crippen molar-refractivity contribution in [3.8, 4) is 11.5 Å². The number of carbonyl (C=O) groups is 2. The molecule has 0 bridgehead atoms. The molecule has 8 heteroatoms. The quantitative estimate of drug-likeness (QED) is 0.302. The summed E-state index contributed by atoms with van der Waals surface area (Å²) in [6, 6.07) is 16.6. The first-order chi connectivity index (χ1) is 15.5. The maximum Gasteiger partial charge on any atom is 0.295 e. The van der Waals surface area contributed by atoms with Gasteiger partial charge in [0.2, 0.25) is 0 Å². The minimum atomic E-state index is -0.731. The fourth-order valence-corrected chi connectivity index (χ4v) is 4.61. The Morgan fingerprint density at radius 3 is 2.50 bits per heavy atom. The van der Waals surface area contributed by atoms with Crippen LogP contribution in [0.1, 0.15) is 16.5 Å². The van der Waals surface area contributed by atoms with Crippen molar-refractivity contribution in [1.29, 1.82) is 0 Å². The lowest BCUT2D eigenvalue weighted by Crippen LogP contribution is -2.33. The SMILES string of the molecule is COc1ccc(OCCN2C(=O)C(=O)/C(=C(\O)c3cccc(Cl)c3)C2c2cccs2)cc1. The molecule has 1 saturated heterocycles. The third-order valence-corrected chi connectivity index (χ3v) is 6.27. The van der Waals surface area contributed by atoms with Crippen molar-refractivity contribution in [3.05, 3.63) is 87.1 Å². The van der Waals surface area contributed by atoms with Gasteiger partial charge in [-0.05, 0) is 47.8 Å². The molecule has 32 heavy (non-hydrogen) atoms. The molecule has 0 aliphatic carbocycles. The van der Waals surface area contributed by atoms with Gasteiger partial charge in [0.05, 0.1) is 25.3 Å². The number of amides is 1. The van der Waals surface area contributed by atoms with Crippen molar-refractivity contribution < 1.29 is 24.2 Å². The van der Waals surface area contributed by atoms with E-state index < -0.39 is 17.7 Å². The summed E-state index contributed by atoms with van der Waals surface area (Å²) in [5, 5.41) is 13.2. The molecule has 2 aromatic carbocycles. The van der Waals surface area contributed by atoms with Gasteiger partial charge in [-0.1, -0.05) is 29.8 Å². The Labute approximate surface area is 194 Å². The average molecular weight is 470 g/mol. The molecule has 164 valence electrons. The highest BCUT2D eigenvalue weighted by molar-refractivity contribution is 7.10. The number of hydrogen-bond donors (Lipinski definition) is 1. The van der Waals surface area contributed by atoms with E-state index >= 15 is 0 Å². The van der Waals surface area contributed by atoms with Crippen LogP contribution in [0.3, 0.4) is 0 Å². The number of nitrogens with zero attached hydrogens (tertiary/aromatic N) is 1. The molecule has 1 N–H and O–H groups in total. The number of thiophene rings is 1. The maximum atomic E-state index is 12.9. The zero-order valence-corrected chi connectivity index (χ0v) is 18.7. The van der Waals surface area contributed by atoms with Crippen LogP contribution in [0.5, 0.6) is 11.5 Å². The highest BCUT2D eigenvalue weighted by Crippen LogP contribution is 2.41. The topological polar surface area (TPSA) is 76.1 Å². The number of carbonyl (C=O) groups excluding carboxylic acids is 2. The lowest BCUT2D eigenvalue weighted by Gasteiger charge is -2.24. The molecule has 6 nitrogen and oxygen atoms in total. The second-order valence-electron chi connectivity index (χ2n) is 7.04. The molecule has 0 spiro atoms. The van der Waals surface area contributed by atoms with Gasteiger partial charge in [-0.25, -0.2) is 0 Å². The fourth-order valence-electron chi connectivity index (χ4n) is 3.58. The van der Waals surface area contributed by atoms with E-state index in [-0.39, 0.29) is 24.5 Å². The first kappa shape index (κ1) is 21.9. The van der Waals surface area contributed by atoms with Crippen molar-refractivity contribution in [2.24, 2.45) is 0 Å². The summed E-state index contributed by atoms with van der Waals surface area (Å²) in [5.41, 5.74) is 0.427. The summed E-state index contributed by atoms with van der Waals surface area (Å²) in [7, 11) is 1.58. The number of ketones is 1. The normalized spacial score (nSPS) is 17.6. The third kappa shape index (κ3) is 4.35. The number of benzene rings is 2. The fraction of sp³-hybridized carbons (Fsp3) is 0.167. The van der Waals surface area contributed by atoms with Gasteiger partial charge in [0.25, 0.3) is 11.7 Å². The molecular formula is C24H20ClNO5S. The minimum Gasteiger partial charge on any atom is -0.507 e. The van der Waals surface area contributed by atoms with Gasteiger partial charge in [0.1, 0.15) is 23.9 Å². The number of aliphatic hydroxyl groups is 1. The van der Waals surface area contributed by atoms with Crippen LogP contribution in [0.2, 0.25) is 5.02 Å². The van der Waals surface area contributed by atoms with Crippen molar-refractivity contribution in [3.63, 3.8) is 0 Å². The molecule has 1 atom stereocenters. The summed E-state index contributed by atoms with van der Waals surface area (Å²) in [6.07, 6.45) is 0. The maximum absolute atomic E-state index is 12.9. The second kappa shape index (κ2) is 9.46. The Hall–Kier alpha value is -3.29. The van der Waals surface area contributed by atoms with E-state index in [0.29, 0.717) is 22.1 Å². The molecule has 0 saturated carbocycles. The van der Waals surface area contributed by atoms with Gasteiger partial charge in [-0.2, -0.15) is 0 Å². The number of methoxy groups -OCH3 is 1. The first-order valence-corrected chi connectivity index (χ1v) is 11.1. The highest BCUT2D eigenvalue weighted by atomic mass is 35.5. The number of rotatable bonds is 7. The molecule has 4 rings (SSSR count). The van der Waals surface area contributed by atoms with Gasteiger partial charge in [0.15, 0.2) is 0 Å². The van der Waals surface area contributed by atoms with E-state index in [1.807, 2.05) is 17.5 Å². The molecule has 1 unspecified atom stereocenters. The van der Waals surface area contributed by atoms with Gasteiger partial charge < -0.3 is 19.5 Å². The van der Waals surface area contributed by atoms with Crippen LogP contribution in [0.25, 0.3) is 5.76 Å². The zero-order valence-electron chi connectivity index (χ0n) is 17.2. The summed E-state index contributed by atoms with van der Waals surface area (Å²) in [5.74, 6) is -0.325. The van der Waals surface area contributed by atoms with Crippen LogP contribution in [0, 0.1) is 0 Å². The summed E-state index contributed by atoms with van der Waals surface area (Å²) in [4.78, 5) is 28.0. The molecule has 1 amide bonds. The second-order valence-corrected chi connectivity index (χ2v) is 8.46. The number of halogens is 1. The van der Waals surface area contributed by atoms with Crippen LogP contribution in [0.15, 0.2) is 71.6 Å². The van der Waals surface area contributed by atoms with Crippen molar-refractivity contribution in [1.82, 2.24) is 4.90 Å². The van der Waals surface area contributed by atoms with Crippen LogP contribution in [0.4, 0.5) is 0 Å². The zero-order chi connectivity index (χ0) is 22.7. The Kier molecular flexibility index (Phi) is 6.48.